The lowest BCUT2D eigenvalue weighted by atomic mass is 10.0. The molecule has 136 valence electrons. The van der Waals surface area contributed by atoms with Gasteiger partial charge in [-0.25, -0.2) is 14.8 Å². The summed E-state index contributed by atoms with van der Waals surface area (Å²) in [7, 11) is 0. The lowest BCUT2D eigenvalue weighted by molar-refractivity contribution is 0.0115. The lowest BCUT2D eigenvalue weighted by Gasteiger charge is -2.37. The molecule has 8 heteroatoms. The number of amides is 1. The molecular weight excluding hydrogens is 354 g/mol. The van der Waals surface area contributed by atoms with Crippen molar-refractivity contribution in [2.75, 3.05) is 19.6 Å². The molecule has 1 unspecified atom stereocenters. The number of hydrogen-bond acceptors (Lipinski definition) is 6. The van der Waals surface area contributed by atoms with Crippen LogP contribution in [0.3, 0.4) is 0 Å². The first-order valence-electron chi connectivity index (χ1n) is 8.35. The third-order valence-corrected chi connectivity index (χ3v) is 4.26. The van der Waals surface area contributed by atoms with E-state index < -0.39 is 11.7 Å². The average Bonchev–Trinajstić information content (AvgIpc) is 2.59. The third-order valence-electron chi connectivity index (χ3n) is 4.04. The normalized spacial score (nSPS) is 17.8. The highest BCUT2D eigenvalue weighted by atomic mass is 35.5. The van der Waals surface area contributed by atoms with Crippen LogP contribution in [0.4, 0.5) is 4.79 Å². The second kappa shape index (κ2) is 7.06. The molecule has 26 heavy (non-hydrogen) atoms. The van der Waals surface area contributed by atoms with E-state index in [4.69, 9.17) is 16.3 Å². The number of ether oxygens (including phenoxy) is 1. The van der Waals surface area contributed by atoms with E-state index in [2.05, 4.69) is 21.4 Å². The fraction of sp³-hybridized carbons (Fsp3) is 0.444. The van der Waals surface area contributed by atoms with Gasteiger partial charge >= 0.3 is 6.09 Å². The molecular formula is C18H20ClN5O2. The highest BCUT2D eigenvalue weighted by Crippen LogP contribution is 2.31. The Hall–Kier alpha value is -2.43. The molecule has 0 radical (unpaired) electrons. The second-order valence-corrected chi connectivity index (χ2v) is 7.55. The van der Waals surface area contributed by atoms with Crippen LogP contribution in [0.15, 0.2) is 18.5 Å². The minimum atomic E-state index is -0.586. The zero-order chi connectivity index (χ0) is 18.9. The summed E-state index contributed by atoms with van der Waals surface area (Å²) in [6.07, 6.45) is 1.02. The van der Waals surface area contributed by atoms with Gasteiger partial charge in [0, 0.05) is 30.0 Å². The van der Waals surface area contributed by atoms with Crippen LogP contribution >= 0.6 is 11.6 Å². The molecule has 1 N–H and O–H groups in total. The van der Waals surface area contributed by atoms with Gasteiger partial charge in [-0.3, -0.25) is 4.90 Å². The van der Waals surface area contributed by atoms with Crippen LogP contribution < -0.4 is 5.32 Å². The molecule has 1 aliphatic heterocycles. The Morgan fingerprint density at radius 2 is 2.19 bits per heavy atom. The first-order valence-corrected chi connectivity index (χ1v) is 8.72. The number of piperazine rings is 1. The van der Waals surface area contributed by atoms with E-state index in [1.165, 1.54) is 6.33 Å². The van der Waals surface area contributed by atoms with Gasteiger partial charge < -0.3 is 10.1 Å². The van der Waals surface area contributed by atoms with Crippen molar-refractivity contribution in [1.82, 2.24) is 20.2 Å². The monoisotopic (exact) mass is 373 g/mol. The summed E-state index contributed by atoms with van der Waals surface area (Å²) in [5.41, 5.74) is 0.963. The van der Waals surface area contributed by atoms with Gasteiger partial charge in [0.1, 0.15) is 18.0 Å². The Kier molecular flexibility index (Phi) is 4.99. The summed E-state index contributed by atoms with van der Waals surface area (Å²) in [5, 5.41) is 13.7. The minimum absolute atomic E-state index is 0.339. The maximum Gasteiger partial charge on any atom is 0.410 e. The van der Waals surface area contributed by atoms with Gasteiger partial charge in [0.25, 0.3) is 0 Å². The standard InChI is InChI=1S/C18H20ClN5O2/c1-18(2,3)26-17(25)24-5-4-21-9-14(24)16-13-7-12(19)6-11(8-20)15(13)22-10-23-16/h6-7,10,14,21H,4-5,9H2,1-3H3. The van der Waals surface area contributed by atoms with Crippen molar-refractivity contribution in [3.63, 3.8) is 0 Å². The summed E-state index contributed by atoms with van der Waals surface area (Å²) in [6.45, 7) is 7.20. The first-order chi connectivity index (χ1) is 12.3. The van der Waals surface area contributed by atoms with Crippen LogP contribution in [-0.2, 0) is 4.74 Å². The van der Waals surface area contributed by atoms with Crippen LogP contribution in [0.25, 0.3) is 10.9 Å². The Balaban J connectivity index is 2.07. The van der Waals surface area contributed by atoms with Crippen LogP contribution in [-0.4, -0.2) is 46.2 Å². The van der Waals surface area contributed by atoms with Crippen molar-refractivity contribution >= 4 is 28.6 Å². The molecule has 1 aliphatic rings. The predicted octanol–water partition coefficient (Wildman–Crippen LogP) is 3.04. The Bertz CT molecular complexity index is 888. The summed E-state index contributed by atoms with van der Waals surface area (Å²) >= 11 is 6.17. The lowest BCUT2D eigenvalue weighted by Crippen LogP contribution is -2.50. The number of nitrogens with one attached hydrogen (secondary N) is 1. The number of nitrogens with zero attached hydrogens (tertiary/aromatic N) is 4. The number of carbonyl (C=O) groups excluding carboxylic acids is 1. The van der Waals surface area contributed by atoms with Crippen molar-refractivity contribution in [2.45, 2.75) is 32.4 Å². The topological polar surface area (TPSA) is 91.1 Å². The Morgan fingerprint density at radius 1 is 1.42 bits per heavy atom. The molecule has 3 rings (SSSR count). The fourth-order valence-electron chi connectivity index (χ4n) is 2.99. The van der Waals surface area contributed by atoms with E-state index in [0.717, 1.165) is 0 Å². The maximum absolute atomic E-state index is 12.7. The van der Waals surface area contributed by atoms with E-state index in [1.54, 1.807) is 17.0 Å². The SMILES string of the molecule is CC(C)(C)OC(=O)N1CCNCC1c1ncnc2c(C#N)cc(Cl)cc12. The summed E-state index contributed by atoms with van der Waals surface area (Å²) in [4.78, 5) is 23.0. The molecule has 1 atom stereocenters. The van der Waals surface area contributed by atoms with Gasteiger partial charge in [-0.2, -0.15) is 5.26 Å². The van der Waals surface area contributed by atoms with Gasteiger partial charge in [0.2, 0.25) is 0 Å². The average molecular weight is 374 g/mol. The van der Waals surface area contributed by atoms with Gasteiger partial charge in [0.15, 0.2) is 0 Å². The summed E-state index contributed by atoms with van der Waals surface area (Å²) in [5.74, 6) is 0. The van der Waals surface area contributed by atoms with E-state index in [1.807, 2.05) is 20.8 Å². The molecule has 7 nitrogen and oxygen atoms in total. The van der Waals surface area contributed by atoms with Crippen LogP contribution in [0, 0.1) is 11.3 Å². The molecule has 2 aromatic rings. The highest BCUT2D eigenvalue weighted by Gasteiger charge is 2.33. The highest BCUT2D eigenvalue weighted by molar-refractivity contribution is 6.31. The minimum Gasteiger partial charge on any atom is -0.444 e. The smallest absolute Gasteiger partial charge is 0.410 e. The molecule has 1 fully saturated rings. The first kappa shape index (κ1) is 18.4. The van der Waals surface area contributed by atoms with Gasteiger partial charge in [-0.15, -0.1) is 0 Å². The fourth-order valence-corrected chi connectivity index (χ4v) is 3.21. The Morgan fingerprint density at radius 3 is 2.88 bits per heavy atom. The summed E-state index contributed by atoms with van der Waals surface area (Å²) in [6, 6.07) is 5.08. The zero-order valence-corrected chi connectivity index (χ0v) is 15.7. The third kappa shape index (κ3) is 3.71. The second-order valence-electron chi connectivity index (χ2n) is 7.11. The van der Waals surface area contributed by atoms with E-state index in [0.29, 0.717) is 46.8 Å². The number of nitriles is 1. The van der Waals surface area contributed by atoms with Crippen LogP contribution in [0.1, 0.15) is 38.1 Å². The molecule has 1 amide bonds. The number of benzene rings is 1. The number of aromatic nitrogens is 2. The van der Waals surface area contributed by atoms with Crippen LogP contribution in [0.5, 0.6) is 0 Å². The number of hydrogen-bond donors (Lipinski definition) is 1. The van der Waals surface area contributed by atoms with Gasteiger partial charge in [0.05, 0.1) is 22.8 Å². The number of carbonyl (C=O) groups is 1. The van der Waals surface area contributed by atoms with E-state index >= 15 is 0 Å². The molecule has 1 saturated heterocycles. The number of halogens is 1. The predicted molar refractivity (Wildman–Crippen MR) is 97.8 cm³/mol. The van der Waals surface area contributed by atoms with E-state index in [9.17, 15) is 10.1 Å². The molecule has 0 aliphatic carbocycles. The molecule has 2 heterocycles. The summed E-state index contributed by atoms with van der Waals surface area (Å²) < 4.78 is 5.55. The van der Waals surface area contributed by atoms with Gasteiger partial charge in [-0.05, 0) is 32.9 Å². The molecule has 1 aromatic heterocycles. The quantitative estimate of drug-likeness (QED) is 0.826. The Labute approximate surface area is 156 Å². The number of fused-ring (bicyclic) bond motifs is 1. The van der Waals surface area contributed by atoms with Crippen LogP contribution in [0.2, 0.25) is 5.02 Å². The van der Waals surface area contributed by atoms with Crippen molar-refractivity contribution in [2.24, 2.45) is 0 Å². The van der Waals surface area contributed by atoms with Gasteiger partial charge in [-0.1, -0.05) is 11.6 Å². The van der Waals surface area contributed by atoms with Crippen molar-refractivity contribution in [3.8, 4) is 6.07 Å². The van der Waals surface area contributed by atoms with E-state index in [-0.39, 0.29) is 6.04 Å². The largest absolute Gasteiger partial charge is 0.444 e. The van der Waals surface area contributed by atoms with Crippen molar-refractivity contribution in [1.29, 1.82) is 5.26 Å². The molecule has 0 bridgehead atoms. The maximum atomic E-state index is 12.7. The molecule has 0 spiro atoms. The number of rotatable bonds is 1. The van der Waals surface area contributed by atoms with Crippen molar-refractivity contribution in [3.05, 3.63) is 34.7 Å². The molecule has 1 aromatic carbocycles. The zero-order valence-electron chi connectivity index (χ0n) is 14.9. The van der Waals surface area contributed by atoms with Crippen molar-refractivity contribution < 1.29 is 9.53 Å². The molecule has 0 saturated carbocycles.